The van der Waals surface area contributed by atoms with E-state index in [1.807, 2.05) is 7.05 Å². The highest BCUT2D eigenvalue weighted by Gasteiger charge is 2.23. The van der Waals surface area contributed by atoms with Crippen LogP contribution in [0.2, 0.25) is 0 Å². The van der Waals surface area contributed by atoms with Crippen molar-refractivity contribution in [3.8, 4) is 5.88 Å². The maximum Gasteiger partial charge on any atom is 0.236 e. The highest BCUT2D eigenvalue weighted by Crippen LogP contribution is 2.31. The molecule has 0 radical (unpaired) electrons. The minimum absolute atomic E-state index is 0.307. The topological polar surface area (TPSA) is 53.1 Å². The number of aromatic nitrogens is 2. The van der Waals surface area contributed by atoms with E-state index in [1.54, 1.807) is 4.68 Å². The van der Waals surface area contributed by atoms with Crippen molar-refractivity contribution in [2.24, 2.45) is 13.0 Å². The molecule has 2 N–H and O–H groups in total. The van der Waals surface area contributed by atoms with Crippen molar-refractivity contribution in [3.05, 3.63) is 5.69 Å². The van der Waals surface area contributed by atoms with E-state index in [9.17, 15) is 0 Å². The van der Waals surface area contributed by atoms with Crippen molar-refractivity contribution in [1.82, 2.24) is 9.78 Å². The van der Waals surface area contributed by atoms with E-state index in [0.29, 0.717) is 11.8 Å². The molecular formula is C13H23N3O. The van der Waals surface area contributed by atoms with Crippen LogP contribution in [-0.2, 0) is 13.5 Å². The molecule has 96 valence electrons. The van der Waals surface area contributed by atoms with Gasteiger partial charge in [0, 0.05) is 7.05 Å². The number of anilines is 1. The van der Waals surface area contributed by atoms with Crippen molar-refractivity contribution < 1.29 is 4.74 Å². The van der Waals surface area contributed by atoms with Crippen LogP contribution in [-0.4, -0.2) is 15.9 Å². The van der Waals surface area contributed by atoms with Crippen LogP contribution in [0.1, 0.15) is 45.2 Å². The predicted molar refractivity (Wildman–Crippen MR) is 69.0 cm³/mol. The van der Waals surface area contributed by atoms with Gasteiger partial charge in [-0.15, -0.1) is 0 Å². The van der Waals surface area contributed by atoms with Crippen LogP contribution in [0.25, 0.3) is 0 Å². The Balaban J connectivity index is 2.10. The second-order valence-corrected chi connectivity index (χ2v) is 5.15. The molecule has 0 bridgehead atoms. The van der Waals surface area contributed by atoms with Crippen molar-refractivity contribution in [3.63, 3.8) is 0 Å². The lowest BCUT2D eigenvalue weighted by atomic mass is 9.89. The molecule has 17 heavy (non-hydrogen) atoms. The molecule has 1 fully saturated rings. The fraction of sp³-hybridized carbons (Fsp3) is 0.769. The number of nitrogens with two attached hydrogens (primary N) is 1. The van der Waals surface area contributed by atoms with Crippen LogP contribution in [0, 0.1) is 5.92 Å². The quantitative estimate of drug-likeness (QED) is 0.879. The first-order valence-corrected chi connectivity index (χ1v) is 6.59. The molecule has 0 amide bonds. The van der Waals surface area contributed by atoms with Crippen molar-refractivity contribution in [1.29, 1.82) is 0 Å². The van der Waals surface area contributed by atoms with Gasteiger partial charge >= 0.3 is 0 Å². The van der Waals surface area contributed by atoms with Gasteiger partial charge in [-0.3, -0.25) is 0 Å². The standard InChI is InChI=1S/C13H23N3O/c1-4-11-12(14)13(16(3)15-11)17-10-7-5-6-9(2)8-10/h9-10H,4-8,14H2,1-3H3. The monoisotopic (exact) mass is 237 g/mol. The lowest BCUT2D eigenvalue weighted by Crippen LogP contribution is -2.25. The summed E-state index contributed by atoms with van der Waals surface area (Å²) in [6.07, 6.45) is 6.00. The van der Waals surface area contributed by atoms with E-state index in [-0.39, 0.29) is 0 Å². The average molecular weight is 237 g/mol. The number of hydrogen-bond acceptors (Lipinski definition) is 3. The smallest absolute Gasteiger partial charge is 0.236 e. The second kappa shape index (κ2) is 4.98. The van der Waals surface area contributed by atoms with Gasteiger partial charge in [0.25, 0.3) is 0 Å². The molecule has 0 spiro atoms. The molecule has 2 unspecified atom stereocenters. The van der Waals surface area contributed by atoms with Gasteiger partial charge in [0.2, 0.25) is 5.88 Å². The van der Waals surface area contributed by atoms with E-state index in [4.69, 9.17) is 10.5 Å². The van der Waals surface area contributed by atoms with Crippen LogP contribution in [0.4, 0.5) is 5.69 Å². The van der Waals surface area contributed by atoms with Gasteiger partial charge in [0.05, 0.1) is 5.69 Å². The molecule has 1 saturated carbocycles. The van der Waals surface area contributed by atoms with Crippen LogP contribution >= 0.6 is 0 Å². The van der Waals surface area contributed by atoms with Crippen molar-refractivity contribution in [2.75, 3.05) is 5.73 Å². The van der Waals surface area contributed by atoms with Crippen molar-refractivity contribution in [2.45, 2.75) is 52.1 Å². The van der Waals surface area contributed by atoms with Crippen LogP contribution in [0.3, 0.4) is 0 Å². The Bertz CT molecular complexity index is 386. The summed E-state index contributed by atoms with van der Waals surface area (Å²) in [6, 6.07) is 0. The molecule has 1 heterocycles. The zero-order valence-electron chi connectivity index (χ0n) is 11.1. The zero-order chi connectivity index (χ0) is 12.4. The Hall–Kier alpha value is -1.19. The maximum atomic E-state index is 6.06. The highest BCUT2D eigenvalue weighted by molar-refractivity contribution is 5.53. The predicted octanol–water partition coefficient (Wildman–Crippen LogP) is 2.52. The highest BCUT2D eigenvalue weighted by atomic mass is 16.5. The number of hydrogen-bond donors (Lipinski definition) is 1. The minimum atomic E-state index is 0.307. The number of rotatable bonds is 3. The average Bonchev–Trinajstić information content (AvgIpc) is 2.56. The Kier molecular flexibility index (Phi) is 3.60. The fourth-order valence-corrected chi connectivity index (χ4v) is 2.62. The Morgan fingerprint density at radius 3 is 2.82 bits per heavy atom. The molecule has 2 atom stereocenters. The summed E-state index contributed by atoms with van der Waals surface area (Å²) >= 11 is 0. The van der Waals surface area contributed by atoms with Gasteiger partial charge in [-0.2, -0.15) is 5.10 Å². The van der Waals surface area contributed by atoms with E-state index in [1.165, 1.54) is 12.8 Å². The molecule has 1 aromatic heterocycles. The van der Waals surface area contributed by atoms with Gasteiger partial charge in [-0.1, -0.05) is 20.3 Å². The van der Waals surface area contributed by atoms with E-state index >= 15 is 0 Å². The summed E-state index contributed by atoms with van der Waals surface area (Å²) in [4.78, 5) is 0. The third-order valence-corrected chi connectivity index (χ3v) is 3.61. The summed E-state index contributed by atoms with van der Waals surface area (Å²) < 4.78 is 7.82. The third-order valence-electron chi connectivity index (χ3n) is 3.61. The molecular weight excluding hydrogens is 214 g/mol. The first-order chi connectivity index (χ1) is 8.11. The van der Waals surface area contributed by atoms with Gasteiger partial charge in [-0.05, 0) is 31.6 Å². The molecule has 0 saturated heterocycles. The molecule has 2 rings (SSSR count). The van der Waals surface area contributed by atoms with Crippen molar-refractivity contribution >= 4 is 5.69 Å². The van der Waals surface area contributed by atoms with Crippen LogP contribution in [0.15, 0.2) is 0 Å². The molecule has 4 heteroatoms. The Morgan fingerprint density at radius 1 is 1.47 bits per heavy atom. The lowest BCUT2D eigenvalue weighted by Gasteiger charge is -2.27. The number of ether oxygens (including phenoxy) is 1. The van der Waals surface area contributed by atoms with Crippen LogP contribution in [0.5, 0.6) is 5.88 Å². The number of aryl methyl sites for hydroxylation is 2. The molecule has 1 aliphatic rings. The summed E-state index contributed by atoms with van der Waals surface area (Å²) in [7, 11) is 1.90. The summed E-state index contributed by atoms with van der Waals surface area (Å²) in [5, 5.41) is 4.38. The van der Waals surface area contributed by atoms with Gasteiger partial charge in [0.15, 0.2) is 0 Å². The Morgan fingerprint density at radius 2 is 2.24 bits per heavy atom. The van der Waals surface area contributed by atoms with Crippen LogP contribution < -0.4 is 10.5 Å². The first kappa shape index (κ1) is 12.3. The maximum absolute atomic E-state index is 6.06. The lowest BCUT2D eigenvalue weighted by molar-refractivity contribution is 0.119. The van der Waals surface area contributed by atoms with Gasteiger partial charge in [-0.25, -0.2) is 4.68 Å². The Labute approximate surface area is 103 Å². The summed E-state index contributed by atoms with van der Waals surface area (Å²) in [5.74, 6) is 1.51. The first-order valence-electron chi connectivity index (χ1n) is 6.59. The fourth-order valence-electron chi connectivity index (χ4n) is 2.62. The SMILES string of the molecule is CCc1nn(C)c(OC2CCCC(C)C2)c1N. The molecule has 0 aromatic carbocycles. The minimum Gasteiger partial charge on any atom is -0.473 e. The number of nitrogen functional groups attached to an aromatic ring is 1. The normalized spacial score (nSPS) is 24.9. The molecule has 1 aromatic rings. The van der Waals surface area contributed by atoms with E-state index in [0.717, 1.165) is 36.8 Å². The van der Waals surface area contributed by atoms with E-state index < -0.39 is 0 Å². The zero-order valence-corrected chi connectivity index (χ0v) is 11.1. The third kappa shape index (κ3) is 2.56. The van der Waals surface area contributed by atoms with Gasteiger partial charge in [0.1, 0.15) is 11.8 Å². The van der Waals surface area contributed by atoms with E-state index in [2.05, 4.69) is 18.9 Å². The molecule has 1 aliphatic carbocycles. The largest absolute Gasteiger partial charge is 0.473 e. The summed E-state index contributed by atoms with van der Waals surface area (Å²) in [5.41, 5.74) is 7.71. The number of nitrogens with zero attached hydrogens (tertiary/aromatic N) is 2. The van der Waals surface area contributed by atoms with Gasteiger partial charge < -0.3 is 10.5 Å². The second-order valence-electron chi connectivity index (χ2n) is 5.15. The molecule has 4 nitrogen and oxygen atoms in total. The summed E-state index contributed by atoms with van der Waals surface area (Å²) in [6.45, 7) is 4.35. The molecule has 0 aliphatic heterocycles.